The molecule has 138 valence electrons. The van der Waals surface area contributed by atoms with Crippen LogP contribution < -0.4 is 15.1 Å². The zero-order chi connectivity index (χ0) is 18.6. The van der Waals surface area contributed by atoms with Crippen LogP contribution in [0.1, 0.15) is 0 Å². The third-order valence-corrected chi connectivity index (χ3v) is 4.73. The van der Waals surface area contributed by atoms with E-state index in [2.05, 4.69) is 25.1 Å². The topological polar surface area (TPSA) is 44.3 Å². The van der Waals surface area contributed by atoms with Crippen molar-refractivity contribution in [2.75, 3.05) is 41.3 Å². The first-order chi connectivity index (χ1) is 13.2. The van der Waals surface area contributed by atoms with E-state index in [9.17, 15) is 4.39 Å². The average Bonchev–Trinajstić information content (AvgIpc) is 2.69. The number of nitrogens with one attached hydrogen (secondary N) is 1. The Kier molecular flexibility index (Phi) is 5.07. The number of anilines is 4. The summed E-state index contributed by atoms with van der Waals surface area (Å²) in [6.45, 7) is 2.90. The maximum absolute atomic E-state index is 14.0. The fraction of sp³-hybridized carbons (Fsp3) is 0.200. The van der Waals surface area contributed by atoms with Gasteiger partial charge in [0.15, 0.2) is 0 Å². The normalized spacial score (nSPS) is 14.3. The second-order valence-corrected chi connectivity index (χ2v) is 6.74. The van der Waals surface area contributed by atoms with E-state index in [4.69, 9.17) is 11.6 Å². The smallest absolute Gasteiger partial charge is 0.227 e. The number of halogens is 2. The van der Waals surface area contributed by atoms with Crippen molar-refractivity contribution in [3.8, 4) is 0 Å². The van der Waals surface area contributed by atoms with Crippen LogP contribution in [0.5, 0.6) is 0 Å². The molecule has 1 aromatic heterocycles. The highest BCUT2D eigenvalue weighted by Gasteiger charge is 2.21. The number of hydrogen-bond donors (Lipinski definition) is 1. The minimum Gasteiger partial charge on any atom is -0.366 e. The van der Waals surface area contributed by atoms with Crippen LogP contribution >= 0.6 is 11.6 Å². The summed E-state index contributed by atoms with van der Waals surface area (Å²) in [5, 5.41) is 3.91. The van der Waals surface area contributed by atoms with Gasteiger partial charge in [0.2, 0.25) is 5.95 Å². The Morgan fingerprint density at radius 2 is 1.70 bits per heavy atom. The monoisotopic (exact) mass is 383 g/mol. The van der Waals surface area contributed by atoms with Crippen molar-refractivity contribution in [1.82, 2.24) is 9.97 Å². The first-order valence-corrected chi connectivity index (χ1v) is 9.17. The minimum absolute atomic E-state index is 0.185. The number of nitrogens with zero attached hydrogens (tertiary/aromatic N) is 4. The maximum atomic E-state index is 14.0. The molecule has 0 unspecified atom stereocenters. The van der Waals surface area contributed by atoms with Gasteiger partial charge >= 0.3 is 0 Å². The molecule has 2 aromatic carbocycles. The Hall–Kier alpha value is -2.86. The zero-order valence-corrected chi connectivity index (χ0v) is 15.4. The van der Waals surface area contributed by atoms with Gasteiger partial charge in [-0.25, -0.2) is 9.37 Å². The second-order valence-electron chi connectivity index (χ2n) is 6.30. The predicted molar refractivity (Wildman–Crippen MR) is 108 cm³/mol. The number of piperazine rings is 1. The van der Waals surface area contributed by atoms with Crippen LogP contribution in [0.3, 0.4) is 0 Å². The summed E-state index contributed by atoms with van der Waals surface area (Å²) in [4.78, 5) is 13.2. The largest absolute Gasteiger partial charge is 0.366 e. The Labute approximate surface area is 162 Å². The Morgan fingerprint density at radius 3 is 2.48 bits per heavy atom. The lowest BCUT2D eigenvalue weighted by Crippen LogP contribution is -2.47. The number of rotatable bonds is 4. The Balaban J connectivity index is 1.43. The van der Waals surface area contributed by atoms with E-state index in [1.54, 1.807) is 12.3 Å². The fourth-order valence-corrected chi connectivity index (χ4v) is 3.33. The Bertz CT molecular complexity index is 928. The van der Waals surface area contributed by atoms with Crippen LogP contribution in [-0.2, 0) is 0 Å². The van der Waals surface area contributed by atoms with Gasteiger partial charge in [-0.3, -0.25) is 0 Å². The molecule has 1 N–H and O–H groups in total. The molecule has 0 atom stereocenters. The van der Waals surface area contributed by atoms with Gasteiger partial charge in [-0.05, 0) is 36.4 Å². The quantitative estimate of drug-likeness (QED) is 0.726. The highest BCUT2D eigenvalue weighted by molar-refractivity contribution is 6.30. The summed E-state index contributed by atoms with van der Waals surface area (Å²) in [6, 6.07) is 16.2. The summed E-state index contributed by atoms with van der Waals surface area (Å²) < 4.78 is 14.0. The maximum Gasteiger partial charge on any atom is 0.227 e. The first-order valence-electron chi connectivity index (χ1n) is 8.79. The fourth-order valence-electron chi connectivity index (χ4n) is 3.14. The van der Waals surface area contributed by atoms with Gasteiger partial charge in [0.05, 0.1) is 5.69 Å². The van der Waals surface area contributed by atoms with E-state index in [1.165, 1.54) is 6.07 Å². The molecule has 3 aromatic rings. The molecule has 27 heavy (non-hydrogen) atoms. The molecule has 4 rings (SSSR count). The third kappa shape index (κ3) is 4.11. The van der Waals surface area contributed by atoms with E-state index in [1.807, 2.05) is 42.5 Å². The van der Waals surface area contributed by atoms with Crippen molar-refractivity contribution in [2.24, 2.45) is 0 Å². The van der Waals surface area contributed by atoms with Crippen LogP contribution in [0.15, 0.2) is 60.8 Å². The molecule has 0 bridgehead atoms. The van der Waals surface area contributed by atoms with E-state index in [0.717, 1.165) is 31.9 Å². The van der Waals surface area contributed by atoms with Crippen LogP contribution in [-0.4, -0.2) is 36.1 Å². The van der Waals surface area contributed by atoms with Crippen molar-refractivity contribution in [1.29, 1.82) is 0 Å². The van der Waals surface area contributed by atoms with Crippen molar-refractivity contribution < 1.29 is 4.39 Å². The summed E-state index contributed by atoms with van der Waals surface area (Å²) in [5.41, 5.74) is 1.52. The van der Waals surface area contributed by atoms with Crippen molar-refractivity contribution in [2.45, 2.75) is 0 Å². The van der Waals surface area contributed by atoms with Gasteiger partial charge < -0.3 is 15.1 Å². The standard InChI is InChI=1S/C20H19ClFN5/c21-15-4-3-5-16(14-15)24-19-8-9-23-20(25-19)27-12-10-26(11-13-27)18-7-2-1-6-17(18)22/h1-9,14H,10-13H2,(H,23,24,25). The molecule has 1 aliphatic rings. The lowest BCUT2D eigenvalue weighted by Gasteiger charge is -2.36. The van der Waals surface area contributed by atoms with Crippen molar-refractivity contribution in [3.63, 3.8) is 0 Å². The SMILES string of the molecule is Fc1ccccc1N1CCN(c2nccc(Nc3cccc(Cl)c3)n2)CC1. The third-order valence-electron chi connectivity index (χ3n) is 4.50. The van der Waals surface area contributed by atoms with Gasteiger partial charge in [0.1, 0.15) is 11.6 Å². The summed E-state index contributed by atoms with van der Waals surface area (Å²) in [6.07, 6.45) is 1.73. The van der Waals surface area contributed by atoms with Crippen LogP contribution in [0.4, 0.5) is 27.5 Å². The number of para-hydroxylation sites is 1. The molecule has 0 amide bonds. The van der Waals surface area contributed by atoms with Gasteiger partial charge in [-0.1, -0.05) is 29.8 Å². The molecule has 0 spiro atoms. The first kappa shape index (κ1) is 17.5. The predicted octanol–water partition coefficient (Wildman–Crippen LogP) is 4.34. The van der Waals surface area contributed by atoms with Crippen molar-refractivity contribution >= 4 is 34.7 Å². The highest BCUT2D eigenvalue weighted by Crippen LogP contribution is 2.23. The highest BCUT2D eigenvalue weighted by atomic mass is 35.5. The summed E-state index contributed by atoms with van der Waals surface area (Å²) in [7, 11) is 0. The molecule has 5 nitrogen and oxygen atoms in total. The van der Waals surface area contributed by atoms with Gasteiger partial charge in [-0.2, -0.15) is 4.98 Å². The van der Waals surface area contributed by atoms with Crippen LogP contribution in [0.25, 0.3) is 0 Å². The average molecular weight is 384 g/mol. The van der Waals surface area contributed by atoms with Gasteiger partial charge in [-0.15, -0.1) is 0 Å². The number of aromatic nitrogens is 2. The zero-order valence-electron chi connectivity index (χ0n) is 14.6. The molecule has 0 radical (unpaired) electrons. The summed E-state index contributed by atoms with van der Waals surface area (Å²) >= 11 is 6.03. The molecule has 1 saturated heterocycles. The molecule has 0 aliphatic carbocycles. The van der Waals surface area contributed by atoms with Crippen LogP contribution in [0, 0.1) is 5.82 Å². The molecule has 1 aliphatic heterocycles. The van der Waals surface area contributed by atoms with Crippen LogP contribution in [0.2, 0.25) is 5.02 Å². The lowest BCUT2D eigenvalue weighted by atomic mass is 10.2. The number of benzene rings is 2. The molecule has 2 heterocycles. The number of hydrogen-bond acceptors (Lipinski definition) is 5. The Morgan fingerprint density at radius 1 is 0.926 bits per heavy atom. The molecule has 0 saturated carbocycles. The summed E-state index contributed by atoms with van der Waals surface area (Å²) in [5.74, 6) is 1.18. The van der Waals surface area contributed by atoms with Gasteiger partial charge in [0.25, 0.3) is 0 Å². The van der Waals surface area contributed by atoms with E-state index >= 15 is 0 Å². The molecule has 7 heteroatoms. The van der Waals surface area contributed by atoms with Gasteiger partial charge in [0, 0.05) is 43.1 Å². The second kappa shape index (κ2) is 7.80. The van der Waals surface area contributed by atoms with E-state index in [0.29, 0.717) is 22.5 Å². The van der Waals surface area contributed by atoms with E-state index in [-0.39, 0.29) is 5.82 Å². The molecular formula is C20H19ClFN5. The molecular weight excluding hydrogens is 365 g/mol. The van der Waals surface area contributed by atoms with Crippen molar-refractivity contribution in [3.05, 3.63) is 71.6 Å². The minimum atomic E-state index is -0.185. The lowest BCUT2D eigenvalue weighted by molar-refractivity contribution is 0.594. The molecule has 1 fully saturated rings. The van der Waals surface area contributed by atoms with E-state index < -0.39 is 0 Å².